The second-order valence-corrected chi connectivity index (χ2v) is 3.27. The zero-order chi connectivity index (χ0) is 9.97. The van der Waals surface area contributed by atoms with E-state index in [2.05, 4.69) is 23.2 Å². The molecule has 3 heteroatoms. The summed E-state index contributed by atoms with van der Waals surface area (Å²) in [5.41, 5.74) is 2.36. The first-order valence-electron chi connectivity index (χ1n) is 4.63. The van der Waals surface area contributed by atoms with E-state index < -0.39 is 0 Å². The largest absolute Gasteiger partial charge is 0.495 e. The second kappa shape index (κ2) is 3.62. The Kier molecular flexibility index (Phi) is 2.31. The molecule has 0 saturated heterocycles. The Morgan fingerprint density at radius 2 is 2.29 bits per heavy atom. The Morgan fingerprint density at radius 3 is 2.93 bits per heavy atom. The molecule has 74 valence electrons. The van der Waals surface area contributed by atoms with Crippen molar-refractivity contribution in [3.8, 4) is 5.75 Å². The highest BCUT2D eigenvalue weighted by Gasteiger charge is 2.13. The number of methoxy groups -OCH3 is 1. The van der Waals surface area contributed by atoms with Gasteiger partial charge in [0, 0.05) is 12.4 Å². The number of hydrogen-bond donors (Lipinski definition) is 1. The summed E-state index contributed by atoms with van der Waals surface area (Å²) in [6.07, 6.45) is 3.96. The molecule has 0 spiro atoms. The molecule has 1 aliphatic heterocycles. The Labute approximate surface area is 84.0 Å². The normalized spacial score (nSPS) is 14.3. The van der Waals surface area contributed by atoms with Gasteiger partial charge in [-0.15, -0.1) is 0 Å². The van der Waals surface area contributed by atoms with Crippen molar-refractivity contribution in [3.05, 3.63) is 36.2 Å². The van der Waals surface area contributed by atoms with Crippen molar-refractivity contribution >= 4 is 5.69 Å². The number of anilines is 1. The molecule has 0 aliphatic carbocycles. The lowest BCUT2D eigenvalue weighted by Crippen LogP contribution is -2.20. The maximum atomic E-state index is 5.34. The van der Waals surface area contributed by atoms with Crippen molar-refractivity contribution < 1.29 is 4.74 Å². The maximum Gasteiger partial charge on any atom is 0.142 e. The van der Waals surface area contributed by atoms with Crippen LogP contribution in [0.3, 0.4) is 0 Å². The summed E-state index contributed by atoms with van der Waals surface area (Å²) in [5.74, 6) is 0.915. The van der Waals surface area contributed by atoms with Crippen LogP contribution in [-0.4, -0.2) is 13.8 Å². The lowest BCUT2D eigenvalue weighted by atomic mass is 10.1. The Bertz CT molecular complexity index is 360. The molecule has 1 aromatic carbocycles. The number of nitrogens with one attached hydrogen (secondary N) is 1. The average molecular weight is 190 g/mol. The van der Waals surface area contributed by atoms with Gasteiger partial charge in [0.2, 0.25) is 0 Å². The van der Waals surface area contributed by atoms with Crippen molar-refractivity contribution in [2.75, 3.05) is 18.7 Å². The van der Waals surface area contributed by atoms with Crippen LogP contribution in [0.5, 0.6) is 5.75 Å². The van der Waals surface area contributed by atoms with Crippen molar-refractivity contribution in [3.63, 3.8) is 0 Å². The van der Waals surface area contributed by atoms with Crippen LogP contribution in [-0.2, 0) is 0 Å². The molecular formula is C11H14N2O. The van der Waals surface area contributed by atoms with E-state index in [0.29, 0.717) is 0 Å². The van der Waals surface area contributed by atoms with Gasteiger partial charge in [-0.1, -0.05) is 12.1 Å². The number of nitrogens with zero attached hydrogens (tertiary/aromatic N) is 1. The van der Waals surface area contributed by atoms with E-state index in [1.54, 1.807) is 7.11 Å². The molecule has 0 atom stereocenters. The molecule has 1 aromatic rings. The minimum atomic E-state index is 0.807. The molecule has 0 saturated carbocycles. The molecule has 3 nitrogen and oxygen atoms in total. The highest BCUT2D eigenvalue weighted by Crippen LogP contribution is 2.32. The molecular weight excluding hydrogens is 176 g/mol. The number of para-hydroxylation sites is 1. The molecule has 0 radical (unpaired) electrons. The maximum absolute atomic E-state index is 5.34. The van der Waals surface area contributed by atoms with Gasteiger partial charge < -0.3 is 15.0 Å². The minimum absolute atomic E-state index is 0.807. The summed E-state index contributed by atoms with van der Waals surface area (Å²) >= 11 is 0. The third-order valence-electron chi connectivity index (χ3n) is 2.34. The van der Waals surface area contributed by atoms with Gasteiger partial charge in [0.1, 0.15) is 5.75 Å². The summed E-state index contributed by atoms with van der Waals surface area (Å²) in [4.78, 5) is 2.13. The van der Waals surface area contributed by atoms with E-state index in [-0.39, 0.29) is 0 Å². The SMILES string of the molecule is COc1cccc(C)c1N1C=CNC1. The first kappa shape index (κ1) is 8.94. The first-order valence-corrected chi connectivity index (χ1v) is 4.63. The van der Waals surface area contributed by atoms with Crippen molar-refractivity contribution in [2.24, 2.45) is 0 Å². The Hall–Kier alpha value is -1.64. The molecule has 1 N–H and O–H groups in total. The van der Waals surface area contributed by atoms with Gasteiger partial charge in [-0.3, -0.25) is 0 Å². The van der Waals surface area contributed by atoms with Gasteiger partial charge >= 0.3 is 0 Å². The van der Waals surface area contributed by atoms with E-state index in [1.807, 2.05) is 24.5 Å². The van der Waals surface area contributed by atoms with Crippen LogP contribution < -0.4 is 15.0 Å². The van der Waals surface area contributed by atoms with Gasteiger partial charge in [-0.25, -0.2) is 0 Å². The second-order valence-electron chi connectivity index (χ2n) is 3.27. The molecule has 14 heavy (non-hydrogen) atoms. The van der Waals surface area contributed by atoms with Crippen LogP contribution in [0.15, 0.2) is 30.6 Å². The van der Waals surface area contributed by atoms with Crippen LogP contribution >= 0.6 is 0 Å². The summed E-state index contributed by atoms with van der Waals surface area (Å²) < 4.78 is 5.34. The van der Waals surface area contributed by atoms with Crippen molar-refractivity contribution in [2.45, 2.75) is 6.92 Å². The highest BCUT2D eigenvalue weighted by atomic mass is 16.5. The van der Waals surface area contributed by atoms with Crippen LogP contribution in [0, 0.1) is 6.92 Å². The smallest absolute Gasteiger partial charge is 0.142 e. The fraction of sp³-hybridized carbons (Fsp3) is 0.273. The third kappa shape index (κ3) is 1.41. The molecule has 0 aromatic heterocycles. The van der Waals surface area contributed by atoms with Crippen LogP contribution in [0.4, 0.5) is 5.69 Å². The molecule has 0 bridgehead atoms. The lowest BCUT2D eigenvalue weighted by Gasteiger charge is -2.20. The van der Waals surface area contributed by atoms with E-state index in [9.17, 15) is 0 Å². The van der Waals surface area contributed by atoms with Crippen molar-refractivity contribution in [1.82, 2.24) is 5.32 Å². The predicted molar refractivity (Wildman–Crippen MR) is 57.4 cm³/mol. The third-order valence-corrected chi connectivity index (χ3v) is 2.34. The standard InChI is InChI=1S/C11H14N2O/c1-9-4-3-5-10(14-2)11(9)13-7-6-12-8-13/h3-7,12H,8H2,1-2H3. The van der Waals surface area contributed by atoms with Crippen molar-refractivity contribution in [1.29, 1.82) is 0 Å². The van der Waals surface area contributed by atoms with Gasteiger partial charge in [-0.05, 0) is 18.6 Å². The van der Waals surface area contributed by atoms with E-state index in [0.717, 1.165) is 18.1 Å². The van der Waals surface area contributed by atoms with E-state index in [4.69, 9.17) is 4.74 Å². The van der Waals surface area contributed by atoms with Crippen LogP contribution in [0.1, 0.15) is 5.56 Å². The lowest BCUT2D eigenvalue weighted by molar-refractivity contribution is 0.415. The number of aryl methyl sites for hydroxylation is 1. The molecule has 1 aliphatic rings. The van der Waals surface area contributed by atoms with Gasteiger partial charge in [0.25, 0.3) is 0 Å². The summed E-state index contributed by atoms with van der Waals surface area (Å²) in [6.45, 7) is 2.89. The Balaban J connectivity index is 2.43. The summed E-state index contributed by atoms with van der Waals surface area (Å²) in [5, 5.41) is 3.14. The molecule has 0 fully saturated rings. The highest BCUT2D eigenvalue weighted by molar-refractivity contribution is 5.65. The molecule has 0 amide bonds. The number of rotatable bonds is 2. The van der Waals surface area contributed by atoms with Gasteiger partial charge in [0.05, 0.1) is 19.5 Å². The molecule has 0 unspecified atom stereocenters. The molecule has 1 heterocycles. The van der Waals surface area contributed by atoms with E-state index in [1.165, 1.54) is 5.56 Å². The fourth-order valence-electron chi connectivity index (χ4n) is 1.66. The van der Waals surface area contributed by atoms with Gasteiger partial charge in [-0.2, -0.15) is 0 Å². The zero-order valence-corrected chi connectivity index (χ0v) is 8.45. The zero-order valence-electron chi connectivity index (χ0n) is 8.45. The summed E-state index contributed by atoms with van der Waals surface area (Å²) in [6, 6.07) is 6.07. The number of hydrogen-bond acceptors (Lipinski definition) is 3. The van der Waals surface area contributed by atoms with E-state index >= 15 is 0 Å². The van der Waals surface area contributed by atoms with Crippen LogP contribution in [0.2, 0.25) is 0 Å². The average Bonchev–Trinajstić information content (AvgIpc) is 2.70. The minimum Gasteiger partial charge on any atom is -0.495 e. The monoisotopic (exact) mass is 190 g/mol. The topological polar surface area (TPSA) is 24.5 Å². The predicted octanol–water partition coefficient (Wildman–Crippen LogP) is 1.84. The van der Waals surface area contributed by atoms with Crippen LogP contribution in [0.25, 0.3) is 0 Å². The molecule has 2 rings (SSSR count). The fourth-order valence-corrected chi connectivity index (χ4v) is 1.66. The number of ether oxygens (including phenoxy) is 1. The van der Waals surface area contributed by atoms with Gasteiger partial charge in [0.15, 0.2) is 0 Å². The quantitative estimate of drug-likeness (QED) is 0.770. The number of benzene rings is 1. The first-order chi connectivity index (χ1) is 6.83. The Morgan fingerprint density at radius 1 is 1.43 bits per heavy atom. The summed E-state index contributed by atoms with van der Waals surface area (Å²) in [7, 11) is 1.70.